The zero-order chi connectivity index (χ0) is 52.1. The Morgan fingerprint density at radius 3 is 2.37 bits per heavy atom. The Bertz CT molecular complexity index is 2640. The number of benzene rings is 2. The molecule has 0 spiro atoms. The van der Waals surface area contributed by atoms with Gasteiger partial charge in [0.15, 0.2) is 0 Å². The number of alkyl halides is 3. The highest BCUT2D eigenvalue weighted by molar-refractivity contribution is 7.10. The molecule has 0 unspecified atom stereocenters. The molecule has 3 atom stereocenters. The molecule has 1 aliphatic heterocycles. The molecule has 4 heterocycles. The van der Waals surface area contributed by atoms with E-state index in [0.717, 1.165) is 44.1 Å². The molecule has 5 aromatic rings. The number of ketones is 1. The van der Waals surface area contributed by atoms with Gasteiger partial charge in [-0.1, -0.05) is 31.4 Å². The fraction of sp³-hybridized carbons (Fsp3) is 0.490. The molecular weight excluding hydrogens is 972 g/mol. The summed E-state index contributed by atoms with van der Waals surface area (Å²) in [6.45, 7) is 9.46. The Labute approximate surface area is 425 Å². The molecule has 2 N–H and O–H groups in total. The normalized spacial score (nSPS) is 16.1. The average molecular weight is 1030 g/mol. The number of hydrogen-bond acceptors (Lipinski definition) is 15. The quantitative estimate of drug-likeness (QED) is 0.0492. The van der Waals surface area contributed by atoms with Gasteiger partial charge in [0.05, 0.1) is 50.9 Å². The van der Waals surface area contributed by atoms with Gasteiger partial charge in [-0.05, 0) is 95.7 Å². The minimum Gasteiger partial charge on any atom is -0.491 e. The van der Waals surface area contributed by atoms with Crippen molar-refractivity contribution >= 4 is 46.5 Å². The molecule has 1 saturated heterocycles. The Morgan fingerprint density at radius 2 is 1.63 bits per heavy atom. The van der Waals surface area contributed by atoms with Crippen molar-refractivity contribution in [2.75, 3.05) is 51.9 Å². The highest BCUT2D eigenvalue weighted by Crippen LogP contribution is 2.37. The van der Waals surface area contributed by atoms with Gasteiger partial charge in [-0.15, -0.1) is 24.5 Å². The monoisotopic (exact) mass is 1030 g/mol. The number of likely N-dealkylation sites (tertiary alicyclic amines) is 1. The molecule has 392 valence electrons. The Hall–Kier alpha value is -6.65. The minimum absolute atomic E-state index is 0.0464. The SMILES string of the molecule is C[C@@H](C(=O)N[C@H](C(=O)N1CCC[C@H]1c1nc(C(=O)c2cccc(OCCOCCOCCn3cc(-c4cc(Nc5ccc(OC(F)(F)F)cc5)ncn4)cn3)c2)cs1)C1CCCCC1)N(C)C(=O)OC(C)(C)C. The molecule has 3 amide bonds. The van der Waals surface area contributed by atoms with Crippen LogP contribution in [0.3, 0.4) is 0 Å². The second-order valence-corrected chi connectivity index (χ2v) is 19.7. The number of anilines is 2. The van der Waals surface area contributed by atoms with Gasteiger partial charge in [0.2, 0.25) is 17.6 Å². The second-order valence-electron chi connectivity index (χ2n) is 18.8. The highest BCUT2D eigenvalue weighted by Gasteiger charge is 2.41. The molecule has 22 heteroatoms. The van der Waals surface area contributed by atoms with Crippen LogP contribution < -0.4 is 20.1 Å². The fourth-order valence-corrected chi connectivity index (χ4v) is 9.41. The number of amides is 3. The molecule has 2 aliphatic rings. The van der Waals surface area contributed by atoms with Gasteiger partial charge in [0.1, 0.15) is 58.6 Å². The summed E-state index contributed by atoms with van der Waals surface area (Å²) < 4.78 is 65.9. The van der Waals surface area contributed by atoms with Gasteiger partial charge < -0.3 is 39.2 Å². The predicted molar refractivity (Wildman–Crippen MR) is 264 cm³/mol. The summed E-state index contributed by atoms with van der Waals surface area (Å²) in [6.07, 6.45) is 5.50. The second kappa shape index (κ2) is 24.9. The lowest BCUT2D eigenvalue weighted by Crippen LogP contribution is -2.56. The minimum atomic E-state index is -4.77. The maximum Gasteiger partial charge on any atom is 0.573 e. The number of carbonyl (C=O) groups is 4. The van der Waals surface area contributed by atoms with Crippen LogP contribution in [0.2, 0.25) is 0 Å². The zero-order valence-electron chi connectivity index (χ0n) is 41.6. The first kappa shape index (κ1) is 54.1. The Balaban J connectivity index is 0.828. The molecular formula is C51H62F3N9O9S. The highest BCUT2D eigenvalue weighted by atomic mass is 32.1. The van der Waals surface area contributed by atoms with Crippen molar-refractivity contribution in [3.63, 3.8) is 0 Å². The van der Waals surface area contributed by atoms with Gasteiger partial charge in [-0.2, -0.15) is 5.10 Å². The molecule has 1 saturated carbocycles. The number of ether oxygens (including phenoxy) is 5. The van der Waals surface area contributed by atoms with Crippen LogP contribution in [0.1, 0.15) is 99.7 Å². The van der Waals surface area contributed by atoms with E-state index < -0.39 is 36.0 Å². The number of hydrogen-bond donors (Lipinski definition) is 2. The van der Waals surface area contributed by atoms with E-state index in [0.29, 0.717) is 72.9 Å². The number of likely N-dealkylation sites (N-methyl/N-ethyl adjacent to an activating group) is 1. The summed E-state index contributed by atoms with van der Waals surface area (Å²) in [5, 5.41) is 12.8. The molecule has 0 bridgehead atoms. The number of halogens is 3. The number of thiazole rings is 1. The van der Waals surface area contributed by atoms with Crippen LogP contribution in [-0.4, -0.2) is 129 Å². The summed E-state index contributed by atoms with van der Waals surface area (Å²) >= 11 is 1.34. The van der Waals surface area contributed by atoms with E-state index in [1.54, 1.807) is 79.2 Å². The summed E-state index contributed by atoms with van der Waals surface area (Å²) in [5.41, 5.74) is 1.79. The average Bonchev–Trinajstić information content (AvgIpc) is 4.17. The maximum absolute atomic E-state index is 14.5. The molecule has 0 radical (unpaired) electrons. The van der Waals surface area contributed by atoms with Crippen LogP contribution in [0.25, 0.3) is 11.3 Å². The smallest absolute Gasteiger partial charge is 0.491 e. The number of rotatable bonds is 22. The molecule has 1 aliphatic carbocycles. The van der Waals surface area contributed by atoms with Crippen molar-refractivity contribution in [2.24, 2.45) is 5.92 Å². The first-order valence-electron chi connectivity index (χ1n) is 24.3. The van der Waals surface area contributed by atoms with E-state index in [9.17, 15) is 32.3 Å². The molecule has 73 heavy (non-hydrogen) atoms. The standard InChI is InChI=1S/C51H62F3N9O9S/c1-33(61(5)49(67)72-50(2,3)4)46(65)60-44(34-11-7-6-8-12-34)48(66)63-20-10-15-42(63)47-59-41(31-73-47)45(64)35-13-9-14-39(27-35)70-26-25-69-24-23-68-22-21-62-30-36(29-57-62)40-28-43(56-32-55-40)58-37-16-18-38(19-17-37)71-51(52,53)54/h9,13-14,16-19,27-34,42,44H,6-8,10-12,15,20-26H2,1-5H3,(H,60,65)(H,55,56,58)/t33-,42-,44-/m0/s1. The maximum atomic E-state index is 14.5. The number of carbonyl (C=O) groups excluding carboxylic acids is 4. The topological polar surface area (TPSA) is 201 Å². The van der Waals surface area contributed by atoms with Crippen LogP contribution in [0.15, 0.2) is 78.7 Å². The lowest BCUT2D eigenvalue weighted by molar-refractivity contribution is -0.274. The van der Waals surface area contributed by atoms with Crippen molar-refractivity contribution in [1.82, 2.24) is 39.8 Å². The van der Waals surface area contributed by atoms with Crippen LogP contribution in [0.4, 0.5) is 29.5 Å². The number of aromatic nitrogens is 5. The van der Waals surface area contributed by atoms with E-state index >= 15 is 0 Å². The fourth-order valence-electron chi connectivity index (χ4n) is 8.46. The van der Waals surface area contributed by atoms with Crippen LogP contribution in [-0.2, 0) is 30.3 Å². The third-order valence-corrected chi connectivity index (χ3v) is 13.2. The summed E-state index contributed by atoms with van der Waals surface area (Å²) in [4.78, 5) is 70.9. The molecule has 7 rings (SSSR count). The van der Waals surface area contributed by atoms with Crippen LogP contribution in [0.5, 0.6) is 11.5 Å². The summed E-state index contributed by atoms with van der Waals surface area (Å²) in [7, 11) is 1.51. The van der Waals surface area contributed by atoms with Crippen molar-refractivity contribution in [3.8, 4) is 22.8 Å². The first-order chi connectivity index (χ1) is 34.9. The third-order valence-electron chi connectivity index (χ3n) is 12.3. The van der Waals surface area contributed by atoms with E-state index in [-0.39, 0.29) is 48.3 Å². The number of nitrogens with zero attached hydrogens (tertiary/aromatic N) is 7. The van der Waals surface area contributed by atoms with Gasteiger partial charge in [-0.3, -0.25) is 24.0 Å². The number of nitrogens with one attached hydrogen (secondary N) is 2. The largest absolute Gasteiger partial charge is 0.573 e. The van der Waals surface area contributed by atoms with Crippen LogP contribution >= 0.6 is 11.3 Å². The molecule has 18 nitrogen and oxygen atoms in total. The third kappa shape index (κ3) is 15.7. The van der Waals surface area contributed by atoms with E-state index in [1.807, 2.05) is 6.20 Å². The lowest BCUT2D eigenvalue weighted by atomic mass is 9.83. The van der Waals surface area contributed by atoms with E-state index in [2.05, 4.69) is 30.4 Å². The summed E-state index contributed by atoms with van der Waals surface area (Å²) in [5.74, 6) is -0.315. The first-order valence-corrected chi connectivity index (χ1v) is 25.2. The Kier molecular flexibility index (Phi) is 18.4. The predicted octanol–water partition coefficient (Wildman–Crippen LogP) is 8.77. The van der Waals surface area contributed by atoms with E-state index in [1.165, 1.54) is 53.9 Å². The van der Waals surface area contributed by atoms with Gasteiger partial charge in [-0.25, -0.2) is 19.7 Å². The van der Waals surface area contributed by atoms with Crippen molar-refractivity contribution in [1.29, 1.82) is 0 Å². The van der Waals surface area contributed by atoms with Gasteiger partial charge in [0, 0.05) is 48.0 Å². The van der Waals surface area contributed by atoms with Crippen molar-refractivity contribution < 1.29 is 56.0 Å². The summed E-state index contributed by atoms with van der Waals surface area (Å²) in [6, 6.07) is 11.9. The van der Waals surface area contributed by atoms with E-state index in [4.69, 9.17) is 23.9 Å². The Morgan fingerprint density at radius 1 is 0.890 bits per heavy atom. The molecule has 3 aromatic heterocycles. The lowest BCUT2D eigenvalue weighted by Gasteiger charge is -2.36. The molecule has 2 fully saturated rings. The van der Waals surface area contributed by atoms with Crippen molar-refractivity contribution in [3.05, 3.63) is 95.0 Å². The molecule has 2 aromatic carbocycles. The van der Waals surface area contributed by atoms with Gasteiger partial charge in [0.25, 0.3) is 0 Å². The van der Waals surface area contributed by atoms with Crippen molar-refractivity contribution in [2.45, 2.75) is 109 Å². The van der Waals surface area contributed by atoms with Gasteiger partial charge >= 0.3 is 12.5 Å². The zero-order valence-corrected chi connectivity index (χ0v) is 42.4. The van der Waals surface area contributed by atoms with Crippen LogP contribution in [0, 0.1) is 5.92 Å².